The van der Waals surface area contributed by atoms with Crippen LogP contribution in [0.3, 0.4) is 0 Å². The second kappa shape index (κ2) is 7.88. The molecule has 0 saturated carbocycles. The van der Waals surface area contributed by atoms with Crippen molar-refractivity contribution in [3.05, 3.63) is 48.0 Å². The molecular weight excluding hydrogens is 352 g/mol. The Balaban J connectivity index is 1.80. The lowest BCUT2D eigenvalue weighted by Crippen LogP contribution is -2.27. The highest BCUT2D eigenvalue weighted by Crippen LogP contribution is 2.25. The molecule has 0 amide bonds. The minimum absolute atomic E-state index is 0.303. The molecular formula is C19H22N2O4S. The molecule has 0 aliphatic carbocycles. The van der Waals surface area contributed by atoms with E-state index in [9.17, 15) is 8.42 Å². The largest absolute Gasteiger partial charge is 0.497 e. The molecule has 0 unspecified atom stereocenters. The fourth-order valence-corrected chi connectivity index (χ4v) is 4.38. The smallest absolute Gasteiger partial charge is 0.243 e. The van der Waals surface area contributed by atoms with E-state index in [1.165, 1.54) is 4.31 Å². The van der Waals surface area contributed by atoms with Crippen molar-refractivity contribution >= 4 is 21.9 Å². The van der Waals surface area contributed by atoms with Crippen molar-refractivity contribution in [3.8, 4) is 11.5 Å². The zero-order valence-corrected chi connectivity index (χ0v) is 15.7. The van der Waals surface area contributed by atoms with Crippen molar-refractivity contribution in [3.63, 3.8) is 0 Å². The Labute approximate surface area is 154 Å². The molecule has 3 rings (SSSR count). The molecule has 1 fully saturated rings. The van der Waals surface area contributed by atoms with Crippen LogP contribution in [0.4, 0.5) is 5.69 Å². The van der Waals surface area contributed by atoms with Gasteiger partial charge in [-0.1, -0.05) is 0 Å². The molecule has 0 radical (unpaired) electrons. The van der Waals surface area contributed by atoms with Crippen LogP contribution in [-0.2, 0) is 10.0 Å². The van der Waals surface area contributed by atoms with Gasteiger partial charge in [-0.15, -0.1) is 0 Å². The summed E-state index contributed by atoms with van der Waals surface area (Å²) in [5.74, 6) is 1.39. The van der Waals surface area contributed by atoms with E-state index in [4.69, 9.17) is 9.47 Å². The molecule has 2 aromatic carbocycles. The number of hydrogen-bond acceptors (Lipinski definition) is 5. The molecule has 26 heavy (non-hydrogen) atoms. The number of sulfonamides is 1. The van der Waals surface area contributed by atoms with Gasteiger partial charge in [-0.05, 0) is 55.3 Å². The van der Waals surface area contributed by atoms with E-state index in [-0.39, 0.29) is 0 Å². The molecule has 0 bridgehead atoms. The summed E-state index contributed by atoms with van der Waals surface area (Å²) in [7, 11) is -0.203. The predicted molar refractivity (Wildman–Crippen MR) is 101 cm³/mol. The summed E-state index contributed by atoms with van der Waals surface area (Å²) < 4.78 is 37.1. The summed E-state index contributed by atoms with van der Waals surface area (Å²) >= 11 is 0. The summed E-state index contributed by atoms with van der Waals surface area (Å²) in [5.41, 5.74) is 1.44. The second-order valence-electron chi connectivity index (χ2n) is 5.97. The van der Waals surface area contributed by atoms with Gasteiger partial charge in [0.2, 0.25) is 10.0 Å². The van der Waals surface area contributed by atoms with Crippen LogP contribution in [0.2, 0.25) is 0 Å². The van der Waals surface area contributed by atoms with Gasteiger partial charge in [0.1, 0.15) is 11.5 Å². The maximum absolute atomic E-state index is 12.5. The van der Waals surface area contributed by atoms with Gasteiger partial charge < -0.3 is 9.47 Å². The molecule has 2 aromatic rings. The Kier molecular flexibility index (Phi) is 5.58. The Morgan fingerprint density at radius 2 is 1.69 bits per heavy atom. The van der Waals surface area contributed by atoms with Crippen molar-refractivity contribution in [1.82, 2.24) is 4.31 Å². The zero-order chi connectivity index (χ0) is 18.6. The summed E-state index contributed by atoms with van der Waals surface area (Å²) in [5, 5.41) is 0. The standard InChI is InChI=1S/C19H22N2O4S/c1-24-17-7-10-19(25-2)15(13-17)14-20-16-5-8-18(9-6-16)26(22,23)21-11-3-4-12-21/h5-10,13-14H,3-4,11-12H2,1-2H3. The van der Waals surface area contributed by atoms with Gasteiger partial charge in [-0.25, -0.2) is 8.42 Å². The maximum Gasteiger partial charge on any atom is 0.243 e. The number of rotatable bonds is 6. The first-order valence-electron chi connectivity index (χ1n) is 8.41. The third-order valence-electron chi connectivity index (χ3n) is 4.33. The van der Waals surface area contributed by atoms with Crippen LogP contribution in [0.1, 0.15) is 18.4 Å². The average molecular weight is 374 g/mol. The summed E-state index contributed by atoms with van der Waals surface area (Å²) in [6.07, 6.45) is 3.51. The molecule has 1 aliphatic rings. The van der Waals surface area contributed by atoms with E-state index in [0.29, 0.717) is 35.2 Å². The van der Waals surface area contributed by atoms with Crippen molar-refractivity contribution in [2.24, 2.45) is 4.99 Å². The van der Waals surface area contributed by atoms with Gasteiger partial charge in [0.15, 0.2) is 0 Å². The monoisotopic (exact) mass is 374 g/mol. The van der Waals surface area contributed by atoms with E-state index in [2.05, 4.69) is 4.99 Å². The lowest BCUT2D eigenvalue weighted by Gasteiger charge is -2.15. The molecule has 1 heterocycles. The Morgan fingerprint density at radius 3 is 2.31 bits per heavy atom. The predicted octanol–water partition coefficient (Wildman–Crippen LogP) is 3.24. The SMILES string of the molecule is COc1ccc(OC)c(C=Nc2ccc(S(=O)(=O)N3CCCC3)cc2)c1. The van der Waals surface area contributed by atoms with Crippen LogP contribution >= 0.6 is 0 Å². The van der Waals surface area contributed by atoms with E-state index in [0.717, 1.165) is 18.4 Å². The molecule has 0 N–H and O–H groups in total. The fourth-order valence-electron chi connectivity index (χ4n) is 2.87. The third kappa shape index (κ3) is 3.89. The quantitative estimate of drug-likeness (QED) is 0.728. The number of hydrogen-bond donors (Lipinski definition) is 0. The van der Waals surface area contributed by atoms with Crippen molar-refractivity contribution in [2.75, 3.05) is 27.3 Å². The molecule has 1 aliphatic heterocycles. The third-order valence-corrected chi connectivity index (χ3v) is 6.24. The molecule has 7 heteroatoms. The molecule has 138 valence electrons. The first-order valence-corrected chi connectivity index (χ1v) is 9.85. The molecule has 6 nitrogen and oxygen atoms in total. The maximum atomic E-state index is 12.5. The lowest BCUT2D eigenvalue weighted by molar-refractivity contribution is 0.402. The summed E-state index contributed by atoms with van der Waals surface area (Å²) in [4.78, 5) is 4.72. The van der Waals surface area contributed by atoms with Crippen LogP contribution in [0.25, 0.3) is 0 Å². The number of ether oxygens (including phenoxy) is 2. The van der Waals surface area contributed by atoms with Gasteiger partial charge in [0, 0.05) is 24.9 Å². The van der Waals surface area contributed by atoms with Crippen LogP contribution in [0.5, 0.6) is 11.5 Å². The van der Waals surface area contributed by atoms with Crippen LogP contribution in [0, 0.1) is 0 Å². The van der Waals surface area contributed by atoms with Crippen LogP contribution < -0.4 is 9.47 Å². The fraction of sp³-hybridized carbons (Fsp3) is 0.316. The highest BCUT2D eigenvalue weighted by Gasteiger charge is 2.26. The second-order valence-corrected chi connectivity index (χ2v) is 7.91. The molecule has 0 spiro atoms. The lowest BCUT2D eigenvalue weighted by atomic mass is 10.2. The van der Waals surface area contributed by atoms with Crippen molar-refractivity contribution in [1.29, 1.82) is 0 Å². The van der Waals surface area contributed by atoms with Gasteiger partial charge >= 0.3 is 0 Å². The van der Waals surface area contributed by atoms with E-state index in [1.54, 1.807) is 44.7 Å². The number of nitrogens with zero attached hydrogens (tertiary/aromatic N) is 2. The van der Waals surface area contributed by atoms with Crippen molar-refractivity contribution < 1.29 is 17.9 Å². The van der Waals surface area contributed by atoms with Gasteiger partial charge in [-0.2, -0.15) is 4.31 Å². The highest BCUT2D eigenvalue weighted by molar-refractivity contribution is 7.89. The van der Waals surface area contributed by atoms with Crippen molar-refractivity contribution in [2.45, 2.75) is 17.7 Å². The molecule has 1 saturated heterocycles. The van der Waals surface area contributed by atoms with Crippen LogP contribution in [0.15, 0.2) is 52.4 Å². The first-order chi connectivity index (χ1) is 12.5. The first kappa shape index (κ1) is 18.4. The Bertz CT molecular complexity index is 886. The number of aliphatic imine (C=N–C) groups is 1. The molecule has 0 atom stereocenters. The number of methoxy groups -OCH3 is 2. The topological polar surface area (TPSA) is 68.2 Å². The highest BCUT2D eigenvalue weighted by atomic mass is 32.2. The minimum Gasteiger partial charge on any atom is -0.497 e. The Hall–Kier alpha value is -2.38. The van der Waals surface area contributed by atoms with Crippen LogP contribution in [-0.4, -0.2) is 46.2 Å². The van der Waals surface area contributed by atoms with E-state index < -0.39 is 10.0 Å². The van der Waals surface area contributed by atoms with Gasteiger partial charge in [-0.3, -0.25) is 4.99 Å². The van der Waals surface area contributed by atoms with E-state index >= 15 is 0 Å². The summed E-state index contributed by atoms with van der Waals surface area (Å²) in [6, 6.07) is 12.1. The number of benzene rings is 2. The Morgan fingerprint density at radius 1 is 1.00 bits per heavy atom. The van der Waals surface area contributed by atoms with E-state index in [1.807, 2.05) is 18.2 Å². The van der Waals surface area contributed by atoms with Gasteiger partial charge in [0.05, 0.1) is 24.8 Å². The normalized spacial score (nSPS) is 15.5. The average Bonchev–Trinajstić information content (AvgIpc) is 3.22. The zero-order valence-electron chi connectivity index (χ0n) is 14.9. The van der Waals surface area contributed by atoms with Gasteiger partial charge in [0.25, 0.3) is 0 Å². The summed E-state index contributed by atoms with van der Waals surface area (Å²) in [6.45, 7) is 1.19. The minimum atomic E-state index is -3.40. The molecule has 0 aromatic heterocycles.